The van der Waals surface area contributed by atoms with E-state index in [2.05, 4.69) is 36.3 Å². The summed E-state index contributed by atoms with van der Waals surface area (Å²) in [4.78, 5) is 1.00. The van der Waals surface area contributed by atoms with Gasteiger partial charge < -0.3 is 5.11 Å². The van der Waals surface area contributed by atoms with Gasteiger partial charge >= 0.3 is 0 Å². The first-order valence-electron chi connectivity index (χ1n) is 7.24. The lowest BCUT2D eigenvalue weighted by molar-refractivity contribution is 0.0593. The number of aryl methyl sites for hydroxylation is 2. The smallest absolute Gasteiger partial charge is 0.101 e. The molecule has 0 aliphatic heterocycles. The molecular formula is C17H20N2OS. The van der Waals surface area contributed by atoms with Crippen LogP contribution in [0.1, 0.15) is 30.1 Å². The maximum absolute atomic E-state index is 10.9. The number of aromatic nitrogens is 2. The molecule has 0 bridgehead atoms. The molecule has 0 fully saturated rings. The van der Waals surface area contributed by atoms with E-state index in [1.807, 2.05) is 30.7 Å². The molecule has 110 valence electrons. The first-order valence-corrected chi connectivity index (χ1v) is 8.06. The van der Waals surface area contributed by atoms with Gasteiger partial charge in [-0.2, -0.15) is 5.10 Å². The second-order valence-electron chi connectivity index (χ2n) is 5.69. The number of fused-ring (bicyclic) bond motifs is 1. The van der Waals surface area contributed by atoms with E-state index in [1.165, 1.54) is 10.1 Å². The summed E-state index contributed by atoms with van der Waals surface area (Å²) in [5.41, 5.74) is 1.21. The highest BCUT2D eigenvalue weighted by atomic mass is 32.1. The molecule has 1 atom stereocenters. The van der Waals surface area contributed by atoms with E-state index in [1.54, 1.807) is 11.3 Å². The van der Waals surface area contributed by atoms with Crippen LogP contribution in [-0.4, -0.2) is 14.9 Å². The van der Waals surface area contributed by atoms with Crippen molar-refractivity contribution in [1.29, 1.82) is 0 Å². The van der Waals surface area contributed by atoms with Crippen LogP contribution < -0.4 is 0 Å². The summed E-state index contributed by atoms with van der Waals surface area (Å²) in [5, 5.41) is 16.6. The van der Waals surface area contributed by atoms with Crippen molar-refractivity contribution >= 4 is 21.4 Å². The molecule has 0 aliphatic carbocycles. The van der Waals surface area contributed by atoms with Gasteiger partial charge in [-0.05, 0) is 44.4 Å². The fourth-order valence-electron chi connectivity index (χ4n) is 2.70. The van der Waals surface area contributed by atoms with Crippen LogP contribution in [-0.2, 0) is 18.6 Å². The first kappa shape index (κ1) is 14.3. The molecular weight excluding hydrogens is 280 g/mol. The van der Waals surface area contributed by atoms with Gasteiger partial charge in [0.1, 0.15) is 5.60 Å². The van der Waals surface area contributed by atoms with Gasteiger partial charge in [0.05, 0.1) is 5.69 Å². The highest BCUT2D eigenvalue weighted by Crippen LogP contribution is 2.35. The van der Waals surface area contributed by atoms with Crippen LogP contribution in [0.15, 0.2) is 36.4 Å². The Kier molecular flexibility index (Phi) is 3.59. The van der Waals surface area contributed by atoms with Crippen molar-refractivity contribution in [2.24, 2.45) is 0 Å². The molecule has 1 N–H and O–H groups in total. The Balaban J connectivity index is 1.95. The minimum atomic E-state index is -0.872. The van der Waals surface area contributed by atoms with E-state index in [9.17, 15) is 5.11 Å². The lowest BCUT2D eigenvalue weighted by Gasteiger charge is -2.22. The summed E-state index contributed by atoms with van der Waals surface area (Å²) >= 11 is 1.66. The predicted molar refractivity (Wildman–Crippen MR) is 87.7 cm³/mol. The van der Waals surface area contributed by atoms with Gasteiger partial charge in [0.15, 0.2) is 0 Å². The summed E-state index contributed by atoms with van der Waals surface area (Å²) in [5.74, 6) is 0. The summed E-state index contributed by atoms with van der Waals surface area (Å²) in [7, 11) is 0. The Hall–Kier alpha value is -1.65. The maximum Gasteiger partial charge on any atom is 0.101 e. The summed E-state index contributed by atoms with van der Waals surface area (Å²) in [6.45, 7) is 6.78. The SMILES string of the molecule is CCn1nc(C)cc1CC(C)(O)c1cc2ccccc2s1. The van der Waals surface area contributed by atoms with E-state index < -0.39 is 5.60 Å². The molecule has 0 aliphatic rings. The zero-order chi connectivity index (χ0) is 15.0. The van der Waals surface area contributed by atoms with Gasteiger partial charge in [-0.15, -0.1) is 11.3 Å². The van der Waals surface area contributed by atoms with Crippen molar-refractivity contribution in [3.63, 3.8) is 0 Å². The van der Waals surface area contributed by atoms with Crippen molar-refractivity contribution in [1.82, 2.24) is 9.78 Å². The molecule has 4 heteroatoms. The van der Waals surface area contributed by atoms with Gasteiger partial charge in [-0.3, -0.25) is 4.68 Å². The third kappa shape index (κ3) is 2.74. The largest absolute Gasteiger partial charge is 0.384 e. The van der Waals surface area contributed by atoms with Crippen molar-refractivity contribution in [2.45, 2.75) is 39.3 Å². The van der Waals surface area contributed by atoms with Crippen LogP contribution in [0.4, 0.5) is 0 Å². The van der Waals surface area contributed by atoms with Crippen molar-refractivity contribution in [3.05, 3.63) is 52.7 Å². The van der Waals surface area contributed by atoms with Gasteiger partial charge in [0.25, 0.3) is 0 Å². The second kappa shape index (κ2) is 5.28. The van der Waals surface area contributed by atoms with E-state index in [4.69, 9.17) is 0 Å². The minimum absolute atomic E-state index is 0.578. The standard InChI is InChI=1S/C17H20N2OS/c1-4-19-14(9-12(2)18-19)11-17(3,20)16-10-13-7-5-6-8-15(13)21-16/h5-10,20H,4,11H2,1-3H3. The monoisotopic (exact) mass is 300 g/mol. The van der Waals surface area contributed by atoms with Crippen LogP contribution in [0, 0.1) is 6.92 Å². The normalized spacial score (nSPS) is 14.5. The molecule has 2 aromatic heterocycles. The van der Waals surface area contributed by atoms with E-state index in [0.29, 0.717) is 6.42 Å². The predicted octanol–water partition coefficient (Wildman–Crippen LogP) is 3.88. The number of aliphatic hydroxyl groups is 1. The number of hydrogen-bond acceptors (Lipinski definition) is 3. The average Bonchev–Trinajstić information content (AvgIpc) is 3.01. The molecule has 0 amide bonds. The minimum Gasteiger partial charge on any atom is -0.384 e. The number of thiophene rings is 1. The van der Waals surface area contributed by atoms with Gasteiger partial charge in [-0.1, -0.05) is 18.2 Å². The highest BCUT2D eigenvalue weighted by Gasteiger charge is 2.27. The number of rotatable bonds is 4. The zero-order valence-corrected chi connectivity index (χ0v) is 13.4. The topological polar surface area (TPSA) is 38.0 Å². The third-order valence-electron chi connectivity index (χ3n) is 3.77. The first-order chi connectivity index (χ1) is 9.99. The Morgan fingerprint density at radius 3 is 2.76 bits per heavy atom. The molecule has 0 saturated carbocycles. The number of nitrogens with zero attached hydrogens (tertiary/aromatic N) is 2. The fourth-order valence-corrected chi connectivity index (χ4v) is 3.81. The van der Waals surface area contributed by atoms with E-state index >= 15 is 0 Å². The molecule has 1 unspecified atom stereocenters. The molecule has 3 nitrogen and oxygen atoms in total. The van der Waals surface area contributed by atoms with Gasteiger partial charge in [0, 0.05) is 28.2 Å². The van der Waals surface area contributed by atoms with Crippen molar-refractivity contribution in [3.8, 4) is 0 Å². The molecule has 0 radical (unpaired) electrons. The molecule has 21 heavy (non-hydrogen) atoms. The lowest BCUT2D eigenvalue weighted by atomic mass is 9.97. The Morgan fingerprint density at radius 1 is 1.29 bits per heavy atom. The van der Waals surface area contributed by atoms with Crippen molar-refractivity contribution in [2.75, 3.05) is 0 Å². The number of hydrogen-bond donors (Lipinski definition) is 1. The van der Waals surface area contributed by atoms with Gasteiger partial charge in [0.2, 0.25) is 0 Å². The average molecular weight is 300 g/mol. The third-order valence-corrected chi connectivity index (χ3v) is 5.14. The van der Waals surface area contributed by atoms with Crippen LogP contribution in [0.5, 0.6) is 0 Å². The molecule has 3 rings (SSSR count). The Morgan fingerprint density at radius 2 is 2.05 bits per heavy atom. The Labute approximate surface area is 128 Å². The maximum atomic E-state index is 10.9. The summed E-state index contributed by atoms with van der Waals surface area (Å²) in [6.07, 6.45) is 0.578. The molecule has 0 saturated heterocycles. The zero-order valence-electron chi connectivity index (χ0n) is 12.6. The van der Waals surface area contributed by atoms with E-state index in [-0.39, 0.29) is 0 Å². The molecule has 0 spiro atoms. The number of benzene rings is 1. The van der Waals surface area contributed by atoms with Crippen LogP contribution in [0.25, 0.3) is 10.1 Å². The Bertz CT molecular complexity index is 737. The molecule has 3 aromatic rings. The van der Waals surface area contributed by atoms with Gasteiger partial charge in [-0.25, -0.2) is 0 Å². The summed E-state index contributed by atoms with van der Waals surface area (Å²) < 4.78 is 3.19. The van der Waals surface area contributed by atoms with E-state index in [0.717, 1.165) is 22.8 Å². The highest BCUT2D eigenvalue weighted by molar-refractivity contribution is 7.19. The fraction of sp³-hybridized carbons (Fsp3) is 0.353. The molecule has 2 heterocycles. The molecule has 1 aromatic carbocycles. The lowest BCUT2D eigenvalue weighted by Crippen LogP contribution is -2.24. The van der Waals surface area contributed by atoms with Crippen LogP contribution in [0.2, 0.25) is 0 Å². The summed E-state index contributed by atoms with van der Waals surface area (Å²) in [6, 6.07) is 12.4. The van der Waals surface area contributed by atoms with Crippen LogP contribution in [0.3, 0.4) is 0 Å². The van der Waals surface area contributed by atoms with Crippen molar-refractivity contribution < 1.29 is 5.11 Å². The van der Waals surface area contributed by atoms with Crippen LogP contribution >= 0.6 is 11.3 Å². The second-order valence-corrected chi connectivity index (χ2v) is 6.78. The quantitative estimate of drug-likeness (QED) is 0.794.